The molecule has 0 aliphatic rings. The predicted octanol–water partition coefficient (Wildman–Crippen LogP) is 3.41. The smallest absolute Gasteiger partial charge is 0.323 e. The fraction of sp³-hybridized carbons (Fsp3) is 0.500. The van der Waals surface area contributed by atoms with Crippen LogP contribution in [0.2, 0.25) is 5.02 Å². The summed E-state index contributed by atoms with van der Waals surface area (Å²) in [4.78, 5) is 24.2. The molecule has 0 spiro atoms. The summed E-state index contributed by atoms with van der Waals surface area (Å²) in [6.07, 6.45) is 0.847. The highest BCUT2D eigenvalue weighted by Crippen LogP contribution is 2.28. The van der Waals surface area contributed by atoms with Crippen LogP contribution in [-0.2, 0) is 25.5 Å². The van der Waals surface area contributed by atoms with Gasteiger partial charge in [-0.1, -0.05) is 23.7 Å². The number of benzene rings is 1. The lowest BCUT2D eigenvalue weighted by Crippen LogP contribution is -2.40. The number of carbonyl (C=O) groups is 2. The molecule has 116 valence electrons. The van der Waals surface area contributed by atoms with Gasteiger partial charge in [0.25, 0.3) is 0 Å². The van der Waals surface area contributed by atoms with E-state index < -0.39 is 17.4 Å². The third-order valence-corrected chi connectivity index (χ3v) is 3.49. The number of aryl methyl sites for hydroxylation is 1. The molecule has 0 saturated carbocycles. The van der Waals surface area contributed by atoms with Gasteiger partial charge in [-0.3, -0.25) is 9.59 Å². The summed E-state index contributed by atoms with van der Waals surface area (Å²) in [5.41, 5.74) is -0.337. The molecule has 0 aliphatic carbocycles. The van der Waals surface area contributed by atoms with Crippen molar-refractivity contribution in [2.24, 2.45) is 5.41 Å². The van der Waals surface area contributed by atoms with Gasteiger partial charge in [0, 0.05) is 5.02 Å². The molecule has 5 heteroatoms. The highest BCUT2D eigenvalue weighted by atomic mass is 35.5. The van der Waals surface area contributed by atoms with Crippen LogP contribution in [0.25, 0.3) is 0 Å². The Morgan fingerprint density at radius 1 is 1.14 bits per heavy atom. The van der Waals surface area contributed by atoms with Crippen LogP contribution in [0.15, 0.2) is 24.3 Å². The van der Waals surface area contributed by atoms with Gasteiger partial charge < -0.3 is 9.47 Å². The molecule has 0 aromatic heterocycles. The zero-order chi connectivity index (χ0) is 15.9. The van der Waals surface area contributed by atoms with Gasteiger partial charge in [-0.15, -0.1) is 0 Å². The predicted molar refractivity (Wildman–Crippen MR) is 81.1 cm³/mol. The molecule has 0 heterocycles. The summed E-state index contributed by atoms with van der Waals surface area (Å²) in [6, 6.07) is 7.34. The summed E-state index contributed by atoms with van der Waals surface area (Å²) >= 11 is 5.94. The first-order chi connectivity index (χ1) is 9.93. The second-order valence-corrected chi connectivity index (χ2v) is 5.34. The molecule has 4 nitrogen and oxygen atoms in total. The largest absolute Gasteiger partial charge is 0.465 e. The van der Waals surface area contributed by atoms with E-state index in [4.69, 9.17) is 21.1 Å². The van der Waals surface area contributed by atoms with E-state index in [9.17, 15) is 9.59 Å². The van der Waals surface area contributed by atoms with E-state index in [1.807, 2.05) is 18.2 Å². The zero-order valence-corrected chi connectivity index (χ0v) is 13.4. The number of halogens is 1. The van der Waals surface area contributed by atoms with E-state index in [0.717, 1.165) is 5.56 Å². The van der Waals surface area contributed by atoms with Crippen molar-refractivity contribution in [1.82, 2.24) is 0 Å². The van der Waals surface area contributed by atoms with Gasteiger partial charge in [0.2, 0.25) is 0 Å². The topological polar surface area (TPSA) is 52.6 Å². The van der Waals surface area contributed by atoms with Crippen molar-refractivity contribution in [3.63, 3.8) is 0 Å². The SMILES string of the molecule is CCOC(=O)C(C)(CCc1cccc(Cl)c1)C(=O)OCC. The maximum absolute atomic E-state index is 12.1. The number of hydrogen-bond acceptors (Lipinski definition) is 4. The van der Waals surface area contributed by atoms with Crippen LogP contribution in [0, 0.1) is 5.41 Å². The molecule has 1 aromatic carbocycles. The van der Waals surface area contributed by atoms with E-state index in [-0.39, 0.29) is 13.2 Å². The average molecular weight is 313 g/mol. The Hall–Kier alpha value is -1.55. The summed E-state index contributed by atoms with van der Waals surface area (Å²) in [5.74, 6) is -1.10. The maximum atomic E-state index is 12.1. The Morgan fingerprint density at radius 3 is 2.19 bits per heavy atom. The number of esters is 2. The summed E-state index contributed by atoms with van der Waals surface area (Å²) in [7, 11) is 0. The molecule has 1 rings (SSSR count). The lowest BCUT2D eigenvalue weighted by Gasteiger charge is -2.25. The highest BCUT2D eigenvalue weighted by Gasteiger charge is 2.43. The van der Waals surface area contributed by atoms with E-state index in [2.05, 4.69) is 0 Å². The van der Waals surface area contributed by atoms with Crippen molar-refractivity contribution in [2.45, 2.75) is 33.6 Å². The second kappa shape index (κ2) is 8.03. The van der Waals surface area contributed by atoms with Gasteiger partial charge >= 0.3 is 11.9 Å². The van der Waals surface area contributed by atoms with Gasteiger partial charge in [-0.25, -0.2) is 0 Å². The van der Waals surface area contributed by atoms with Crippen LogP contribution in [0.4, 0.5) is 0 Å². The molecule has 0 atom stereocenters. The summed E-state index contributed by atoms with van der Waals surface area (Å²) < 4.78 is 10.0. The van der Waals surface area contributed by atoms with Crippen LogP contribution >= 0.6 is 11.6 Å². The first-order valence-electron chi connectivity index (χ1n) is 7.03. The number of ether oxygens (including phenoxy) is 2. The molecule has 0 N–H and O–H groups in total. The third-order valence-electron chi connectivity index (χ3n) is 3.25. The Morgan fingerprint density at radius 2 is 1.71 bits per heavy atom. The minimum absolute atomic E-state index is 0.227. The molecule has 1 aromatic rings. The molecule has 0 amide bonds. The minimum atomic E-state index is -1.30. The normalized spacial score (nSPS) is 11.0. The first-order valence-corrected chi connectivity index (χ1v) is 7.40. The van der Waals surface area contributed by atoms with Crippen LogP contribution in [0.5, 0.6) is 0 Å². The van der Waals surface area contributed by atoms with E-state index >= 15 is 0 Å². The zero-order valence-electron chi connectivity index (χ0n) is 12.6. The highest BCUT2D eigenvalue weighted by molar-refractivity contribution is 6.30. The first kappa shape index (κ1) is 17.5. The van der Waals surface area contributed by atoms with Gasteiger partial charge in [-0.05, 0) is 51.3 Å². The molecular formula is C16H21ClO4. The molecule has 0 bridgehead atoms. The van der Waals surface area contributed by atoms with E-state index in [1.165, 1.54) is 0 Å². The van der Waals surface area contributed by atoms with Crippen LogP contribution in [-0.4, -0.2) is 25.2 Å². The van der Waals surface area contributed by atoms with Gasteiger partial charge in [-0.2, -0.15) is 0 Å². The van der Waals surface area contributed by atoms with Crippen LogP contribution < -0.4 is 0 Å². The van der Waals surface area contributed by atoms with Crippen LogP contribution in [0.3, 0.4) is 0 Å². The Balaban J connectivity index is 2.86. The molecular weight excluding hydrogens is 292 g/mol. The third kappa shape index (κ3) is 4.74. The number of carbonyl (C=O) groups excluding carboxylic acids is 2. The lowest BCUT2D eigenvalue weighted by molar-refractivity contribution is -0.171. The van der Waals surface area contributed by atoms with Crippen molar-refractivity contribution >= 4 is 23.5 Å². The molecule has 0 radical (unpaired) electrons. The summed E-state index contributed by atoms with van der Waals surface area (Å²) in [6.45, 7) is 5.43. The minimum Gasteiger partial charge on any atom is -0.465 e. The average Bonchev–Trinajstić information content (AvgIpc) is 2.45. The van der Waals surface area contributed by atoms with Crippen molar-refractivity contribution in [3.8, 4) is 0 Å². The standard InChI is InChI=1S/C16H21ClO4/c1-4-20-14(18)16(3,15(19)21-5-2)10-9-12-7-6-8-13(17)11-12/h6-8,11H,4-5,9-10H2,1-3H3. The molecule has 21 heavy (non-hydrogen) atoms. The number of hydrogen-bond donors (Lipinski definition) is 0. The van der Waals surface area contributed by atoms with Gasteiger partial charge in [0.15, 0.2) is 5.41 Å². The molecule has 0 fully saturated rings. The van der Waals surface area contributed by atoms with Crippen molar-refractivity contribution in [1.29, 1.82) is 0 Å². The second-order valence-electron chi connectivity index (χ2n) is 4.90. The molecule has 0 unspecified atom stereocenters. The fourth-order valence-corrected chi connectivity index (χ4v) is 2.17. The monoisotopic (exact) mass is 312 g/mol. The molecule has 0 saturated heterocycles. The van der Waals surface area contributed by atoms with E-state index in [0.29, 0.717) is 17.9 Å². The lowest BCUT2D eigenvalue weighted by atomic mass is 9.84. The Bertz CT molecular complexity index is 481. The van der Waals surface area contributed by atoms with Crippen LogP contribution in [0.1, 0.15) is 32.8 Å². The summed E-state index contributed by atoms with van der Waals surface area (Å²) in [5, 5.41) is 0.626. The maximum Gasteiger partial charge on any atom is 0.323 e. The van der Waals surface area contributed by atoms with Crippen molar-refractivity contribution in [3.05, 3.63) is 34.9 Å². The fourth-order valence-electron chi connectivity index (χ4n) is 1.96. The van der Waals surface area contributed by atoms with E-state index in [1.54, 1.807) is 26.8 Å². The van der Waals surface area contributed by atoms with Gasteiger partial charge in [0.1, 0.15) is 0 Å². The Labute approximate surface area is 130 Å². The molecule has 0 aliphatic heterocycles. The van der Waals surface area contributed by atoms with Crippen molar-refractivity contribution in [2.75, 3.05) is 13.2 Å². The number of rotatable bonds is 7. The quantitative estimate of drug-likeness (QED) is 0.572. The Kier molecular flexibility index (Phi) is 6.69. The van der Waals surface area contributed by atoms with Gasteiger partial charge in [0.05, 0.1) is 13.2 Å². The van der Waals surface area contributed by atoms with Crippen molar-refractivity contribution < 1.29 is 19.1 Å².